The molecule has 0 aliphatic carbocycles. The summed E-state index contributed by atoms with van der Waals surface area (Å²) < 4.78 is 1.47. The lowest BCUT2D eigenvalue weighted by Crippen LogP contribution is -2.24. The second-order valence-electron chi connectivity index (χ2n) is 5.89. The Balaban J connectivity index is 1.50. The number of nitrogens with one attached hydrogen (secondary N) is 2. The van der Waals surface area contributed by atoms with Gasteiger partial charge in [-0.1, -0.05) is 23.7 Å². The number of aromatic nitrogens is 3. The van der Waals surface area contributed by atoms with Crippen molar-refractivity contribution in [3.63, 3.8) is 0 Å². The van der Waals surface area contributed by atoms with Gasteiger partial charge in [0.15, 0.2) is 0 Å². The monoisotopic (exact) mass is 415 g/mol. The summed E-state index contributed by atoms with van der Waals surface area (Å²) in [6.45, 7) is 1.73. The second-order valence-corrected chi connectivity index (χ2v) is 7.31. The van der Waals surface area contributed by atoms with Gasteiger partial charge in [0.25, 0.3) is 0 Å². The van der Waals surface area contributed by atoms with Gasteiger partial charge in [-0.2, -0.15) is 5.10 Å². The molecule has 1 aromatic heterocycles. The molecule has 3 aromatic rings. The standard InChI is InChI=1S/C19H18ClN5O2S/c1-13(25-12-21-11-22-25)19(27)24-15-8-6-14(7-9-15)23-18(26)10-28-17-5-3-2-4-16(17)20/h2-9,11-13H,10H2,1H3,(H,23,26)(H,24,27). The summed E-state index contributed by atoms with van der Waals surface area (Å²) in [7, 11) is 0. The molecule has 28 heavy (non-hydrogen) atoms. The quantitative estimate of drug-likeness (QED) is 0.572. The molecule has 2 aromatic carbocycles. The van der Waals surface area contributed by atoms with E-state index in [1.807, 2.05) is 18.2 Å². The zero-order chi connectivity index (χ0) is 19.9. The average molecular weight is 416 g/mol. The smallest absolute Gasteiger partial charge is 0.249 e. The third kappa shape index (κ3) is 5.34. The van der Waals surface area contributed by atoms with Crippen molar-refractivity contribution in [3.05, 3.63) is 66.2 Å². The predicted octanol–water partition coefficient (Wildman–Crippen LogP) is 3.86. The molecule has 1 heterocycles. The summed E-state index contributed by atoms with van der Waals surface area (Å²) in [4.78, 5) is 29.1. The molecule has 0 saturated carbocycles. The minimum absolute atomic E-state index is 0.137. The fourth-order valence-electron chi connectivity index (χ4n) is 2.32. The molecule has 144 valence electrons. The van der Waals surface area contributed by atoms with Crippen molar-refractivity contribution in [1.82, 2.24) is 14.8 Å². The Kier molecular flexibility index (Phi) is 6.67. The van der Waals surface area contributed by atoms with E-state index in [1.165, 1.54) is 29.1 Å². The highest BCUT2D eigenvalue weighted by Gasteiger charge is 2.15. The Labute approximate surface area is 171 Å². The van der Waals surface area contributed by atoms with Gasteiger partial charge < -0.3 is 10.6 Å². The van der Waals surface area contributed by atoms with E-state index in [4.69, 9.17) is 11.6 Å². The molecule has 0 spiro atoms. The first-order valence-corrected chi connectivity index (χ1v) is 9.81. The van der Waals surface area contributed by atoms with Crippen molar-refractivity contribution in [2.45, 2.75) is 17.9 Å². The Hall–Kier alpha value is -2.84. The van der Waals surface area contributed by atoms with Crippen LogP contribution in [0.3, 0.4) is 0 Å². The number of hydrogen-bond acceptors (Lipinski definition) is 5. The molecule has 2 N–H and O–H groups in total. The van der Waals surface area contributed by atoms with Crippen molar-refractivity contribution < 1.29 is 9.59 Å². The summed E-state index contributed by atoms with van der Waals surface area (Å²) in [6.07, 6.45) is 2.87. The zero-order valence-electron chi connectivity index (χ0n) is 15.0. The van der Waals surface area contributed by atoms with Crippen molar-refractivity contribution in [3.8, 4) is 0 Å². The Morgan fingerprint density at radius 2 is 1.79 bits per heavy atom. The van der Waals surface area contributed by atoms with Gasteiger partial charge in [-0.15, -0.1) is 11.8 Å². The number of nitrogens with zero attached hydrogens (tertiary/aromatic N) is 3. The number of carbonyl (C=O) groups is 2. The third-order valence-corrected chi connectivity index (χ3v) is 5.36. The summed E-state index contributed by atoms with van der Waals surface area (Å²) in [5, 5.41) is 10.2. The first-order chi connectivity index (χ1) is 13.5. The molecule has 2 amide bonds. The molecule has 1 unspecified atom stereocenters. The van der Waals surface area contributed by atoms with Crippen LogP contribution in [0.4, 0.5) is 11.4 Å². The fraction of sp³-hybridized carbons (Fsp3) is 0.158. The second kappa shape index (κ2) is 9.38. The van der Waals surface area contributed by atoms with E-state index in [0.717, 1.165) is 4.90 Å². The van der Waals surface area contributed by atoms with Gasteiger partial charge in [-0.3, -0.25) is 9.59 Å². The van der Waals surface area contributed by atoms with Crippen LogP contribution in [0, 0.1) is 0 Å². The van der Waals surface area contributed by atoms with Crippen molar-refractivity contribution >= 4 is 46.6 Å². The predicted molar refractivity (Wildman–Crippen MR) is 111 cm³/mol. The molecule has 0 aliphatic heterocycles. The molecule has 0 fully saturated rings. The highest BCUT2D eigenvalue weighted by Crippen LogP contribution is 2.26. The van der Waals surface area contributed by atoms with Gasteiger partial charge in [0.05, 0.1) is 10.8 Å². The van der Waals surface area contributed by atoms with E-state index in [1.54, 1.807) is 37.3 Å². The number of hydrogen-bond donors (Lipinski definition) is 2. The molecular formula is C19H18ClN5O2S. The number of rotatable bonds is 7. The minimum atomic E-state index is -0.483. The molecule has 0 aliphatic rings. The van der Waals surface area contributed by atoms with Gasteiger partial charge in [0.1, 0.15) is 18.7 Å². The molecule has 7 nitrogen and oxygen atoms in total. The number of anilines is 2. The van der Waals surface area contributed by atoms with E-state index in [-0.39, 0.29) is 17.6 Å². The van der Waals surface area contributed by atoms with Crippen LogP contribution >= 0.6 is 23.4 Å². The lowest BCUT2D eigenvalue weighted by Gasteiger charge is -2.12. The van der Waals surface area contributed by atoms with Crippen LogP contribution in [0.2, 0.25) is 5.02 Å². The maximum atomic E-state index is 12.2. The van der Waals surface area contributed by atoms with Crippen LogP contribution in [0.25, 0.3) is 0 Å². The number of thioether (sulfide) groups is 1. The molecule has 3 rings (SSSR count). The van der Waals surface area contributed by atoms with Crippen molar-refractivity contribution in [2.75, 3.05) is 16.4 Å². The first kappa shape index (κ1) is 19.9. The molecule has 0 radical (unpaired) electrons. The summed E-state index contributed by atoms with van der Waals surface area (Å²) in [5.41, 5.74) is 1.27. The Morgan fingerprint density at radius 3 is 2.43 bits per heavy atom. The molecular weight excluding hydrogens is 398 g/mol. The zero-order valence-corrected chi connectivity index (χ0v) is 16.6. The molecule has 1 atom stereocenters. The van der Waals surface area contributed by atoms with E-state index in [2.05, 4.69) is 20.7 Å². The first-order valence-electron chi connectivity index (χ1n) is 8.45. The maximum Gasteiger partial charge on any atom is 0.249 e. The van der Waals surface area contributed by atoms with Crippen LogP contribution in [0.1, 0.15) is 13.0 Å². The number of carbonyl (C=O) groups excluding carboxylic acids is 2. The normalized spacial score (nSPS) is 11.6. The van der Waals surface area contributed by atoms with Crippen LogP contribution in [-0.2, 0) is 9.59 Å². The Bertz CT molecular complexity index is 947. The van der Waals surface area contributed by atoms with Crippen molar-refractivity contribution in [1.29, 1.82) is 0 Å². The minimum Gasteiger partial charge on any atom is -0.325 e. The number of amides is 2. The largest absolute Gasteiger partial charge is 0.325 e. The van der Waals surface area contributed by atoms with E-state index in [0.29, 0.717) is 16.4 Å². The van der Waals surface area contributed by atoms with E-state index < -0.39 is 6.04 Å². The number of halogens is 1. The summed E-state index contributed by atoms with van der Waals surface area (Å²) >= 11 is 7.46. The summed E-state index contributed by atoms with van der Waals surface area (Å²) in [6, 6.07) is 13.8. The van der Waals surface area contributed by atoms with E-state index >= 15 is 0 Å². The lowest BCUT2D eigenvalue weighted by atomic mass is 10.2. The van der Waals surface area contributed by atoms with Gasteiger partial charge >= 0.3 is 0 Å². The highest BCUT2D eigenvalue weighted by molar-refractivity contribution is 8.00. The van der Waals surface area contributed by atoms with E-state index in [9.17, 15) is 9.59 Å². The topological polar surface area (TPSA) is 88.9 Å². The SMILES string of the molecule is CC(C(=O)Nc1ccc(NC(=O)CSc2ccccc2Cl)cc1)n1cncn1. The maximum absolute atomic E-state index is 12.2. The van der Waals surface area contributed by atoms with Crippen molar-refractivity contribution in [2.24, 2.45) is 0 Å². The average Bonchev–Trinajstić information content (AvgIpc) is 3.23. The van der Waals surface area contributed by atoms with Crippen LogP contribution in [0.15, 0.2) is 66.1 Å². The van der Waals surface area contributed by atoms with Gasteiger partial charge in [0.2, 0.25) is 11.8 Å². The number of benzene rings is 2. The summed E-state index contributed by atoms with van der Waals surface area (Å²) in [5.74, 6) is -0.0996. The van der Waals surface area contributed by atoms with Gasteiger partial charge in [0, 0.05) is 16.3 Å². The third-order valence-electron chi connectivity index (χ3n) is 3.84. The highest BCUT2D eigenvalue weighted by atomic mass is 35.5. The van der Waals surface area contributed by atoms with Gasteiger partial charge in [-0.25, -0.2) is 9.67 Å². The molecule has 9 heteroatoms. The van der Waals surface area contributed by atoms with Crippen LogP contribution in [-0.4, -0.2) is 32.3 Å². The van der Waals surface area contributed by atoms with Crippen LogP contribution in [0.5, 0.6) is 0 Å². The Morgan fingerprint density at radius 1 is 1.11 bits per heavy atom. The van der Waals surface area contributed by atoms with Crippen LogP contribution < -0.4 is 10.6 Å². The fourth-order valence-corrected chi connectivity index (χ4v) is 3.36. The lowest BCUT2D eigenvalue weighted by molar-refractivity contribution is -0.119. The molecule has 0 saturated heterocycles. The van der Waals surface area contributed by atoms with Gasteiger partial charge in [-0.05, 0) is 43.3 Å². The molecule has 0 bridgehead atoms.